The Balaban J connectivity index is 1.65. The third-order valence-corrected chi connectivity index (χ3v) is 4.49. The van der Waals surface area contributed by atoms with Crippen LogP contribution in [0.1, 0.15) is 5.76 Å². The van der Waals surface area contributed by atoms with Gasteiger partial charge in [0.2, 0.25) is 11.6 Å². The molecule has 0 radical (unpaired) electrons. The lowest BCUT2D eigenvalue weighted by molar-refractivity contribution is 0.426. The summed E-state index contributed by atoms with van der Waals surface area (Å²) in [6.45, 7) is 1.86. The van der Waals surface area contributed by atoms with Crippen molar-refractivity contribution < 1.29 is 8.94 Å². The quantitative estimate of drug-likeness (QED) is 0.469. The number of hydrogen-bond acceptors (Lipinski definition) is 7. The number of aromatic nitrogens is 7. The van der Waals surface area contributed by atoms with Crippen LogP contribution in [-0.2, 0) is 0 Å². The first-order chi connectivity index (χ1) is 13.3. The molecule has 9 nitrogen and oxygen atoms in total. The van der Waals surface area contributed by atoms with Crippen LogP contribution in [0.25, 0.3) is 45.5 Å². The predicted octanol–water partition coefficient (Wildman–Crippen LogP) is 3.15. The molecule has 6 rings (SSSR count). The lowest BCUT2D eigenvalue weighted by Gasteiger charge is -2.05. The molecule has 0 unspecified atom stereocenters. The number of rotatable bonds is 2. The Kier molecular flexibility index (Phi) is 2.63. The van der Waals surface area contributed by atoms with Crippen molar-refractivity contribution in [2.45, 2.75) is 6.92 Å². The number of fused-ring (bicyclic) bond motifs is 6. The first-order valence-electron chi connectivity index (χ1n) is 8.28. The average Bonchev–Trinajstić information content (AvgIpc) is 3.45. The van der Waals surface area contributed by atoms with Gasteiger partial charge < -0.3 is 8.94 Å². The van der Waals surface area contributed by atoms with Gasteiger partial charge in [0, 0.05) is 5.39 Å². The second-order valence-corrected chi connectivity index (χ2v) is 6.16. The third-order valence-electron chi connectivity index (χ3n) is 4.49. The second kappa shape index (κ2) is 5.01. The van der Waals surface area contributed by atoms with E-state index in [9.17, 15) is 0 Å². The summed E-state index contributed by atoms with van der Waals surface area (Å²) in [6.07, 6.45) is 3.51. The number of para-hydroxylation sites is 1. The normalized spacial score (nSPS) is 11.9. The fraction of sp³-hybridized carbons (Fsp3) is 0.0556. The van der Waals surface area contributed by atoms with Crippen molar-refractivity contribution in [1.29, 1.82) is 0 Å². The number of furan rings is 1. The van der Waals surface area contributed by atoms with E-state index in [0.29, 0.717) is 23.1 Å². The molecule has 0 aliphatic carbocycles. The zero-order valence-corrected chi connectivity index (χ0v) is 14.1. The summed E-state index contributed by atoms with van der Waals surface area (Å²) in [5, 5.41) is 13.6. The molecule has 0 saturated heterocycles. The minimum absolute atomic E-state index is 0.255. The van der Waals surface area contributed by atoms with Gasteiger partial charge in [0.25, 0.3) is 5.89 Å². The van der Waals surface area contributed by atoms with Gasteiger partial charge in [-0.2, -0.15) is 4.98 Å². The maximum Gasteiger partial charge on any atom is 0.296 e. The molecule has 0 amide bonds. The maximum absolute atomic E-state index is 5.56. The highest BCUT2D eigenvalue weighted by Crippen LogP contribution is 2.27. The number of benzene rings is 1. The van der Waals surface area contributed by atoms with Gasteiger partial charge in [0.1, 0.15) is 17.7 Å². The molecular weight excluding hydrogens is 346 g/mol. The molecule has 0 saturated carbocycles. The molecule has 0 aliphatic heterocycles. The third kappa shape index (κ3) is 1.90. The van der Waals surface area contributed by atoms with Crippen LogP contribution in [-0.4, -0.2) is 34.1 Å². The van der Waals surface area contributed by atoms with Crippen LogP contribution >= 0.6 is 0 Å². The standard InChI is InChI=1S/C18H11N7O2/c1-10-6-7-13(26-10)15-20-18(27-23-15)17-22-21-16-11-4-2-3-5-12(11)24-9-19-8-14(24)25(16)17/h2-9H,1H3. The molecule has 6 aromatic rings. The lowest BCUT2D eigenvalue weighted by Crippen LogP contribution is -1.98. The van der Waals surface area contributed by atoms with Crippen molar-refractivity contribution in [3.8, 4) is 23.3 Å². The minimum Gasteiger partial charge on any atom is -0.458 e. The minimum atomic E-state index is 0.255. The van der Waals surface area contributed by atoms with Crippen molar-refractivity contribution in [2.24, 2.45) is 0 Å². The fourth-order valence-electron chi connectivity index (χ4n) is 3.30. The summed E-state index contributed by atoms with van der Waals surface area (Å²) >= 11 is 0. The van der Waals surface area contributed by atoms with E-state index in [1.54, 1.807) is 18.6 Å². The number of nitrogens with zero attached hydrogens (tertiary/aromatic N) is 7. The summed E-state index contributed by atoms with van der Waals surface area (Å²) in [4.78, 5) is 8.71. The highest BCUT2D eigenvalue weighted by molar-refractivity contribution is 5.94. The Morgan fingerprint density at radius 3 is 2.85 bits per heavy atom. The van der Waals surface area contributed by atoms with E-state index in [0.717, 1.165) is 22.3 Å². The molecule has 0 spiro atoms. The average molecular weight is 357 g/mol. The zero-order chi connectivity index (χ0) is 18.0. The number of aryl methyl sites for hydroxylation is 1. The van der Waals surface area contributed by atoms with E-state index in [4.69, 9.17) is 8.94 Å². The molecule has 0 atom stereocenters. The van der Waals surface area contributed by atoms with Crippen LogP contribution in [0.5, 0.6) is 0 Å². The molecule has 1 aromatic carbocycles. The first-order valence-corrected chi connectivity index (χ1v) is 8.28. The summed E-state index contributed by atoms with van der Waals surface area (Å²) in [5.41, 5.74) is 2.49. The van der Waals surface area contributed by atoms with Crippen molar-refractivity contribution in [3.05, 3.63) is 54.7 Å². The highest BCUT2D eigenvalue weighted by atomic mass is 16.5. The summed E-state index contributed by atoms with van der Waals surface area (Å²) in [7, 11) is 0. The second-order valence-electron chi connectivity index (χ2n) is 6.16. The molecule has 5 aromatic heterocycles. The number of hydrogen-bond donors (Lipinski definition) is 0. The van der Waals surface area contributed by atoms with Crippen molar-refractivity contribution >= 4 is 22.2 Å². The van der Waals surface area contributed by atoms with Gasteiger partial charge in [-0.3, -0.25) is 8.80 Å². The van der Waals surface area contributed by atoms with Crippen LogP contribution in [0.15, 0.2) is 57.9 Å². The van der Waals surface area contributed by atoms with E-state index in [1.165, 1.54) is 0 Å². The van der Waals surface area contributed by atoms with Gasteiger partial charge in [-0.15, -0.1) is 10.2 Å². The largest absolute Gasteiger partial charge is 0.458 e. The van der Waals surface area contributed by atoms with Gasteiger partial charge in [-0.25, -0.2) is 4.98 Å². The van der Waals surface area contributed by atoms with Crippen LogP contribution in [0.4, 0.5) is 0 Å². The van der Waals surface area contributed by atoms with Crippen molar-refractivity contribution in [1.82, 2.24) is 34.1 Å². The van der Waals surface area contributed by atoms with Crippen molar-refractivity contribution in [2.75, 3.05) is 0 Å². The molecule has 0 bridgehead atoms. The molecule has 27 heavy (non-hydrogen) atoms. The summed E-state index contributed by atoms with van der Waals surface area (Å²) < 4.78 is 14.8. The van der Waals surface area contributed by atoms with Crippen LogP contribution in [0, 0.1) is 6.92 Å². The smallest absolute Gasteiger partial charge is 0.296 e. The molecule has 0 N–H and O–H groups in total. The summed E-state index contributed by atoms with van der Waals surface area (Å²) in [6, 6.07) is 11.6. The summed E-state index contributed by atoms with van der Waals surface area (Å²) in [5.74, 6) is 2.38. The maximum atomic E-state index is 5.56. The lowest BCUT2D eigenvalue weighted by atomic mass is 10.2. The van der Waals surface area contributed by atoms with Gasteiger partial charge in [-0.05, 0) is 31.2 Å². The van der Waals surface area contributed by atoms with Crippen LogP contribution < -0.4 is 0 Å². The van der Waals surface area contributed by atoms with Crippen LogP contribution in [0.2, 0.25) is 0 Å². The van der Waals surface area contributed by atoms with E-state index in [1.807, 2.05) is 46.1 Å². The predicted molar refractivity (Wildman–Crippen MR) is 95.0 cm³/mol. The van der Waals surface area contributed by atoms with E-state index >= 15 is 0 Å². The molecule has 0 aliphatic rings. The SMILES string of the molecule is Cc1ccc(-c2noc(-c3nnc4c5ccccc5n5cncc5n34)n2)o1. The zero-order valence-electron chi connectivity index (χ0n) is 14.1. The van der Waals surface area contributed by atoms with Crippen molar-refractivity contribution in [3.63, 3.8) is 0 Å². The fourth-order valence-corrected chi connectivity index (χ4v) is 3.30. The molecule has 5 heterocycles. The van der Waals surface area contributed by atoms with Crippen LogP contribution in [0.3, 0.4) is 0 Å². The Labute approximate surface area is 150 Å². The molecule has 0 fully saturated rings. The molecule has 9 heteroatoms. The van der Waals surface area contributed by atoms with Gasteiger partial charge in [-0.1, -0.05) is 17.3 Å². The number of imidazole rings is 1. The molecular formula is C18H11N7O2. The Morgan fingerprint density at radius 2 is 1.96 bits per heavy atom. The van der Waals surface area contributed by atoms with E-state index in [2.05, 4.69) is 25.3 Å². The topological polar surface area (TPSA) is 99.5 Å². The first kappa shape index (κ1) is 14.2. The Bertz CT molecular complexity index is 1450. The Hall–Kier alpha value is -4.01. The van der Waals surface area contributed by atoms with Gasteiger partial charge in [0.05, 0.1) is 11.7 Å². The van der Waals surface area contributed by atoms with E-state index < -0.39 is 0 Å². The van der Waals surface area contributed by atoms with E-state index in [-0.39, 0.29) is 5.89 Å². The Morgan fingerprint density at radius 1 is 1.04 bits per heavy atom. The monoisotopic (exact) mass is 357 g/mol. The highest BCUT2D eigenvalue weighted by Gasteiger charge is 2.21. The van der Waals surface area contributed by atoms with Gasteiger partial charge >= 0.3 is 0 Å². The molecule has 130 valence electrons. The van der Waals surface area contributed by atoms with Gasteiger partial charge in [0.15, 0.2) is 11.4 Å².